The molecular formula is C11H12BrN3O. The molecule has 1 aliphatic heterocycles. The van der Waals surface area contributed by atoms with Crippen LogP contribution in [0.15, 0.2) is 28.7 Å². The first kappa shape index (κ1) is 11.1. The van der Waals surface area contributed by atoms with E-state index >= 15 is 0 Å². The van der Waals surface area contributed by atoms with Crippen LogP contribution in [0.2, 0.25) is 0 Å². The Morgan fingerprint density at radius 1 is 1.56 bits per heavy atom. The molecule has 0 spiro atoms. The van der Waals surface area contributed by atoms with E-state index in [-0.39, 0.29) is 17.9 Å². The first-order valence-corrected chi connectivity index (χ1v) is 5.74. The average Bonchev–Trinajstić information content (AvgIpc) is 2.25. The second kappa shape index (κ2) is 4.25. The van der Waals surface area contributed by atoms with E-state index in [0.29, 0.717) is 6.42 Å². The highest BCUT2D eigenvalue weighted by Crippen LogP contribution is 2.23. The van der Waals surface area contributed by atoms with Gasteiger partial charge in [0.2, 0.25) is 5.91 Å². The van der Waals surface area contributed by atoms with Gasteiger partial charge in [0.15, 0.2) is 5.96 Å². The number of nitrogens with zero attached hydrogens (tertiary/aromatic N) is 1. The Bertz CT molecular complexity index is 429. The Morgan fingerprint density at radius 3 is 2.94 bits per heavy atom. The number of amides is 1. The molecule has 0 unspecified atom stereocenters. The number of carbonyl (C=O) groups excluding carboxylic acids is 1. The summed E-state index contributed by atoms with van der Waals surface area (Å²) in [5, 5.41) is 10.6. The van der Waals surface area contributed by atoms with Gasteiger partial charge in [0.1, 0.15) is 0 Å². The van der Waals surface area contributed by atoms with Crippen LogP contribution in [0.3, 0.4) is 0 Å². The second-order valence-corrected chi connectivity index (χ2v) is 4.67. The fourth-order valence-electron chi connectivity index (χ4n) is 1.67. The molecule has 1 amide bonds. The van der Waals surface area contributed by atoms with Gasteiger partial charge in [0.05, 0.1) is 12.5 Å². The van der Waals surface area contributed by atoms with E-state index in [1.807, 2.05) is 24.3 Å². The minimum Gasteiger partial charge on any atom is -0.349 e. The summed E-state index contributed by atoms with van der Waals surface area (Å²) < 4.78 is 0.977. The third-order valence-corrected chi connectivity index (χ3v) is 3.14. The van der Waals surface area contributed by atoms with Crippen molar-refractivity contribution in [1.82, 2.24) is 10.2 Å². The molecule has 5 heteroatoms. The Labute approximate surface area is 102 Å². The molecule has 0 aliphatic carbocycles. The molecule has 2 N–H and O–H groups in total. The number of hydrogen-bond acceptors (Lipinski definition) is 2. The van der Waals surface area contributed by atoms with Crippen molar-refractivity contribution >= 4 is 27.8 Å². The van der Waals surface area contributed by atoms with Crippen LogP contribution in [0, 0.1) is 5.41 Å². The van der Waals surface area contributed by atoms with Crippen LogP contribution in [0.4, 0.5) is 0 Å². The lowest BCUT2D eigenvalue weighted by molar-refractivity contribution is -0.128. The van der Waals surface area contributed by atoms with Crippen LogP contribution >= 0.6 is 15.9 Å². The third kappa shape index (κ3) is 2.09. The van der Waals surface area contributed by atoms with E-state index < -0.39 is 0 Å². The maximum atomic E-state index is 11.6. The van der Waals surface area contributed by atoms with Crippen molar-refractivity contribution in [2.45, 2.75) is 12.5 Å². The van der Waals surface area contributed by atoms with Crippen LogP contribution < -0.4 is 5.32 Å². The maximum Gasteiger partial charge on any atom is 0.231 e. The van der Waals surface area contributed by atoms with Gasteiger partial charge in [-0.3, -0.25) is 15.1 Å². The van der Waals surface area contributed by atoms with E-state index in [1.165, 1.54) is 4.90 Å². The number of nitrogens with one attached hydrogen (secondary N) is 2. The zero-order valence-corrected chi connectivity index (χ0v) is 10.4. The fourth-order valence-corrected chi connectivity index (χ4v) is 2.09. The molecule has 1 heterocycles. The first-order valence-electron chi connectivity index (χ1n) is 4.95. The molecule has 4 nitrogen and oxygen atoms in total. The zero-order valence-electron chi connectivity index (χ0n) is 8.83. The van der Waals surface area contributed by atoms with Crippen molar-refractivity contribution in [3.8, 4) is 0 Å². The molecule has 0 radical (unpaired) electrons. The Balaban J connectivity index is 2.23. The van der Waals surface area contributed by atoms with Crippen LogP contribution in [-0.4, -0.2) is 23.8 Å². The molecule has 16 heavy (non-hydrogen) atoms. The summed E-state index contributed by atoms with van der Waals surface area (Å²) in [4.78, 5) is 12.9. The summed E-state index contributed by atoms with van der Waals surface area (Å²) in [5.41, 5.74) is 1.01. The summed E-state index contributed by atoms with van der Waals surface area (Å²) in [6.45, 7) is 0. The van der Waals surface area contributed by atoms with Gasteiger partial charge < -0.3 is 5.32 Å². The molecule has 1 atom stereocenters. The lowest BCUT2D eigenvalue weighted by atomic mass is 10.0. The van der Waals surface area contributed by atoms with Crippen LogP contribution in [0.25, 0.3) is 0 Å². The van der Waals surface area contributed by atoms with Gasteiger partial charge in [0, 0.05) is 11.5 Å². The molecule has 1 saturated heterocycles. The number of carbonyl (C=O) groups is 1. The van der Waals surface area contributed by atoms with Crippen LogP contribution in [0.1, 0.15) is 18.0 Å². The second-order valence-electron chi connectivity index (χ2n) is 3.76. The summed E-state index contributed by atoms with van der Waals surface area (Å²) in [7, 11) is 1.61. The molecule has 0 bridgehead atoms. The van der Waals surface area contributed by atoms with Gasteiger partial charge in [-0.15, -0.1) is 0 Å². The summed E-state index contributed by atoms with van der Waals surface area (Å²) in [6.07, 6.45) is 0.384. The average molecular weight is 282 g/mol. The van der Waals surface area contributed by atoms with Gasteiger partial charge in [-0.1, -0.05) is 28.1 Å². The molecule has 2 rings (SSSR count). The maximum absolute atomic E-state index is 11.6. The SMILES string of the molecule is CN1C(=N)N[C@H](c2cccc(Br)c2)CC1=O. The molecule has 1 aromatic rings. The van der Waals surface area contributed by atoms with Gasteiger partial charge in [0.25, 0.3) is 0 Å². The molecule has 0 aromatic heterocycles. The normalized spacial score (nSPS) is 20.9. The minimum atomic E-state index is -0.103. The van der Waals surface area contributed by atoms with Gasteiger partial charge >= 0.3 is 0 Å². The largest absolute Gasteiger partial charge is 0.349 e. The molecule has 84 valence electrons. The lowest BCUT2D eigenvalue weighted by Crippen LogP contribution is -2.49. The number of benzene rings is 1. The van der Waals surface area contributed by atoms with E-state index in [0.717, 1.165) is 10.0 Å². The molecule has 1 aromatic carbocycles. The van der Waals surface area contributed by atoms with Crippen molar-refractivity contribution in [1.29, 1.82) is 5.41 Å². The third-order valence-electron chi connectivity index (χ3n) is 2.65. The van der Waals surface area contributed by atoms with Gasteiger partial charge in [-0.25, -0.2) is 0 Å². The predicted molar refractivity (Wildman–Crippen MR) is 65.1 cm³/mol. The van der Waals surface area contributed by atoms with E-state index in [9.17, 15) is 4.79 Å². The number of hydrogen-bond donors (Lipinski definition) is 2. The highest BCUT2D eigenvalue weighted by Gasteiger charge is 2.27. The monoisotopic (exact) mass is 281 g/mol. The zero-order chi connectivity index (χ0) is 11.7. The van der Waals surface area contributed by atoms with Crippen molar-refractivity contribution in [2.75, 3.05) is 7.05 Å². The van der Waals surface area contributed by atoms with E-state index in [2.05, 4.69) is 21.2 Å². The predicted octanol–water partition coefficient (Wildman–Crippen LogP) is 1.88. The smallest absolute Gasteiger partial charge is 0.231 e. The first-order chi connectivity index (χ1) is 7.58. The number of halogens is 1. The highest BCUT2D eigenvalue weighted by molar-refractivity contribution is 9.10. The Hall–Kier alpha value is -1.36. The van der Waals surface area contributed by atoms with Crippen molar-refractivity contribution in [3.05, 3.63) is 34.3 Å². The van der Waals surface area contributed by atoms with E-state index in [1.54, 1.807) is 7.05 Å². The van der Waals surface area contributed by atoms with Crippen LogP contribution in [0.5, 0.6) is 0 Å². The molecular weight excluding hydrogens is 270 g/mol. The van der Waals surface area contributed by atoms with E-state index in [4.69, 9.17) is 5.41 Å². The summed E-state index contributed by atoms with van der Waals surface area (Å²) >= 11 is 3.39. The Kier molecular flexibility index (Phi) is 2.96. The molecule has 1 aliphatic rings. The highest BCUT2D eigenvalue weighted by atomic mass is 79.9. The fraction of sp³-hybridized carbons (Fsp3) is 0.273. The van der Waals surface area contributed by atoms with Gasteiger partial charge in [-0.2, -0.15) is 0 Å². The van der Waals surface area contributed by atoms with Crippen molar-refractivity contribution in [3.63, 3.8) is 0 Å². The summed E-state index contributed by atoms with van der Waals surface area (Å²) in [6, 6.07) is 7.67. The summed E-state index contributed by atoms with van der Waals surface area (Å²) in [5.74, 6) is 0.120. The topological polar surface area (TPSA) is 56.2 Å². The molecule has 1 fully saturated rings. The Morgan fingerprint density at radius 2 is 2.31 bits per heavy atom. The molecule has 0 saturated carbocycles. The van der Waals surface area contributed by atoms with Crippen LogP contribution in [-0.2, 0) is 4.79 Å². The van der Waals surface area contributed by atoms with Crippen molar-refractivity contribution < 1.29 is 4.79 Å². The number of guanidine groups is 1. The number of rotatable bonds is 1. The van der Waals surface area contributed by atoms with Crippen molar-refractivity contribution in [2.24, 2.45) is 0 Å². The quantitative estimate of drug-likeness (QED) is 0.826. The lowest BCUT2D eigenvalue weighted by Gasteiger charge is -2.31. The van der Waals surface area contributed by atoms with Gasteiger partial charge in [-0.05, 0) is 17.7 Å². The minimum absolute atomic E-state index is 0.0336. The standard InChI is InChI=1S/C11H12BrN3O/c1-15-10(16)6-9(14-11(15)13)7-3-2-4-8(12)5-7/h2-5,9H,6H2,1H3,(H2,13,14)/t9-/m0/s1.